The lowest BCUT2D eigenvalue weighted by molar-refractivity contribution is -0.117. The van der Waals surface area contributed by atoms with E-state index in [0.29, 0.717) is 23.9 Å². The number of carbonyl (C=O) groups excluding carboxylic acids is 1. The van der Waals surface area contributed by atoms with Gasteiger partial charge in [0.2, 0.25) is 0 Å². The first-order valence-electron chi connectivity index (χ1n) is 12.1. The van der Waals surface area contributed by atoms with E-state index in [2.05, 4.69) is 41.9 Å². The third kappa shape index (κ3) is 5.89. The lowest BCUT2D eigenvalue weighted by Crippen LogP contribution is -2.43. The zero-order valence-electron chi connectivity index (χ0n) is 20.3. The molecule has 1 amide bonds. The first-order valence-corrected chi connectivity index (χ1v) is 12.1. The molecular formula is C29H33FN4O. The second kappa shape index (κ2) is 11.2. The van der Waals surface area contributed by atoms with Gasteiger partial charge in [0.1, 0.15) is 11.6 Å². The van der Waals surface area contributed by atoms with Crippen molar-refractivity contribution >= 4 is 5.91 Å². The molecule has 1 aliphatic heterocycles. The third-order valence-corrected chi connectivity index (χ3v) is 6.73. The van der Waals surface area contributed by atoms with E-state index in [0.717, 1.165) is 36.1 Å². The Morgan fingerprint density at radius 3 is 2.71 bits per heavy atom. The normalized spacial score (nSPS) is 21.5. The number of hydrogen-bond donors (Lipinski definition) is 3. The van der Waals surface area contributed by atoms with Gasteiger partial charge in [0.15, 0.2) is 0 Å². The number of benzene rings is 2. The number of amides is 1. The topological polar surface area (TPSA) is 70.4 Å². The first kappa shape index (κ1) is 24.5. The van der Waals surface area contributed by atoms with Crippen LogP contribution in [-0.4, -0.2) is 23.5 Å². The van der Waals surface area contributed by atoms with Gasteiger partial charge in [0.05, 0.1) is 5.57 Å². The van der Waals surface area contributed by atoms with Crippen LogP contribution in [0.1, 0.15) is 32.3 Å². The number of nitrogens with zero attached hydrogens (tertiary/aromatic N) is 1. The minimum atomic E-state index is -0.274. The number of carbonyl (C=O) groups is 1. The maximum absolute atomic E-state index is 13.4. The number of hydrazine groups is 1. The second-order valence-electron chi connectivity index (χ2n) is 9.15. The summed E-state index contributed by atoms with van der Waals surface area (Å²) in [5.41, 5.74) is 4.74. The average molecular weight is 473 g/mol. The van der Waals surface area contributed by atoms with Gasteiger partial charge in [0, 0.05) is 19.1 Å². The molecule has 2 aromatic carbocycles. The van der Waals surface area contributed by atoms with Crippen molar-refractivity contribution in [1.29, 1.82) is 0 Å². The Balaban J connectivity index is 1.48. The number of nitrogens with two attached hydrogens (primary N) is 1. The summed E-state index contributed by atoms with van der Waals surface area (Å²) in [6, 6.07) is 14.3. The molecule has 1 heterocycles. The van der Waals surface area contributed by atoms with Crippen molar-refractivity contribution in [2.75, 3.05) is 6.54 Å². The molecule has 0 saturated carbocycles. The number of allylic oxidation sites excluding steroid dienone is 5. The quantitative estimate of drug-likeness (QED) is 0.425. The van der Waals surface area contributed by atoms with E-state index >= 15 is 0 Å². The summed E-state index contributed by atoms with van der Waals surface area (Å²) < 4.78 is 13.4. The summed E-state index contributed by atoms with van der Waals surface area (Å²) in [4.78, 5) is 13.1. The van der Waals surface area contributed by atoms with Gasteiger partial charge in [-0.05, 0) is 61.4 Å². The summed E-state index contributed by atoms with van der Waals surface area (Å²) >= 11 is 0. The molecule has 1 aliphatic carbocycles. The Bertz CT molecular complexity index is 1180. The SMILES string of the molecule is C/C(C(=O)NCc1ccccc1-c1ccc(F)cc1)=C1/NCC(C2=CC=CC=CC2)CC(C)N1N. The van der Waals surface area contributed by atoms with Gasteiger partial charge < -0.3 is 10.6 Å². The molecule has 1 saturated heterocycles. The Morgan fingerprint density at radius 1 is 1.14 bits per heavy atom. The molecule has 0 aromatic heterocycles. The van der Waals surface area contributed by atoms with Crippen LogP contribution in [0.3, 0.4) is 0 Å². The first-order chi connectivity index (χ1) is 16.9. The lowest BCUT2D eigenvalue weighted by atomic mass is 9.90. The number of hydrogen-bond acceptors (Lipinski definition) is 4. The van der Waals surface area contributed by atoms with Crippen LogP contribution >= 0.6 is 0 Å². The average Bonchev–Trinajstić information content (AvgIpc) is 3.23. The van der Waals surface area contributed by atoms with Crippen molar-refractivity contribution in [3.05, 3.63) is 107 Å². The van der Waals surface area contributed by atoms with Crippen LogP contribution < -0.4 is 16.5 Å². The highest BCUT2D eigenvalue weighted by molar-refractivity contribution is 5.93. The van der Waals surface area contributed by atoms with Gasteiger partial charge in [0.25, 0.3) is 5.91 Å². The molecule has 0 radical (unpaired) electrons. The van der Waals surface area contributed by atoms with E-state index in [1.54, 1.807) is 24.1 Å². The minimum Gasteiger partial charge on any atom is -0.370 e. The van der Waals surface area contributed by atoms with Crippen molar-refractivity contribution in [2.45, 2.75) is 39.3 Å². The predicted octanol–water partition coefficient (Wildman–Crippen LogP) is 4.96. The maximum Gasteiger partial charge on any atom is 0.250 e. The molecule has 6 heteroatoms. The van der Waals surface area contributed by atoms with E-state index < -0.39 is 0 Å². The van der Waals surface area contributed by atoms with Crippen molar-refractivity contribution in [2.24, 2.45) is 11.8 Å². The van der Waals surface area contributed by atoms with Gasteiger partial charge in [-0.1, -0.05) is 72.4 Å². The van der Waals surface area contributed by atoms with Crippen LogP contribution in [0.15, 0.2) is 95.9 Å². The molecule has 1 fully saturated rings. The zero-order valence-corrected chi connectivity index (χ0v) is 20.3. The molecule has 2 aromatic rings. The van der Waals surface area contributed by atoms with Crippen molar-refractivity contribution < 1.29 is 9.18 Å². The van der Waals surface area contributed by atoms with Crippen molar-refractivity contribution in [1.82, 2.24) is 15.6 Å². The van der Waals surface area contributed by atoms with Crippen LogP contribution in [0.25, 0.3) is 11.1 Å². The van der Waals surface area contributed by atoms with Gasteiger partial charge in [-0.2, -0.15) is 0 Å². The Labute approximate surface area is 206 Å². The van der Waals surface area contributed by atoms with Crippen LogP contribution in [0.5, 0.6) is 0 Å². The predicted molar refractivity (Wildman–Crippen MR) is 139 cm³/mol. The van der Waals surface area contributed by atoms with Crippen LogP contribution in [0.2, 0.25) is 0 Å². The number of halogens is 1. The van der Waals surface area contributed by atoms with E-state index in [1.165, 1.54) is 17.7 Å². The summed E-state index contributed by atoms with van der Waals surface area (Å²) in [5, 5.41) is 8.16. The smallest absolute Gasteiger partial charge is 0.250 e. The molecule has 4 rings (SSSR count). The maximum atomic E-state index is 13.4. The van der Waals surface area contributed by atoms with Crippen LogP contribution in [0.4, 0.5) is 4.39 Å². The van der Waals surface area contributed by atoms with Gasteiger partial charge in [-0.25, -0.2) is 10.2 Å². The summed E-state index contributed by atoms with van der Waals surface area (Å²) in [5.74, 6) is 7.00. The molecule has 5 nitrogen and oxygen atoms in total. The fourth-order valence-electron chi connectivity index (χ4n) is 4.65. The van der Waals surface area contributed by atoms with Crippen LogP contribution in [-0.2, 0) is 11.3 Å². The monoisotopic (exact) mass is 472 g/mol. The van der Waals surface area contributed by atoms with E-state index in [1.807, 2.05) is 30.3 Å². The molecular weight excluding hydrogens is 439 g/mol. The second-order valence-corrected chi connectivity index (χ2v) is 9.15. The fraction of sp³-hybridized carbons (Fsp3) is 0.276. The fourth-order valence-corrected chi connectivity index (χ4v) is 4.65. The van der Waals surface area contributed by atoms with Crippen LogP contribution in [0, 0.1) is 11.7 Å². The lowest BCUT2D eigenvalue weighted by Gasteiger charge is -2.27. The summed E-state index contributed by atoms with van der Waals surface area (Å²) in [7, 11) is 0. The minimum absolute atomic E-state index is 0.0732. The molecule has 2 aliphatic rings. The largest absolute Gasteiger partial charge is 0.370 e. The Morgan fingerprint density at radius 2 is 1.91 bits per heavy atom. The van der Waals surface area contributed by atoms with E-state index in [4.69, 9.17) is 5.84 Å². The standard InChI is InChI=1S/C29H33FN4O/c1-20-17-25(22-9-5-3-4-6-10-22)19-32-28(34(20)31)21(2)29(35)33-18-24-11-7-8-12-27(24)23-13-15-26(30)16-14-23/h3-9,11-16,20,25,32H,10,17-19,31H2,1-2H3,(H,33,35)/b28-21+. The molecule has 182 valence electrons. The Hall–Kier alpha value is -3.64. The summed E-state index contributed by atoms with van der Waals surface area (Å²) in [6.45, 7) is 4.96. The van der Waals surface area contributed by atoms with E-state index in [-0.39, 0.29) is 17.8 Å². The highest BCUT2D eigenvalue weighted by Gasteiger charge is 2.28. The highest BCUT2D eigenvalue weighted by Crippen LogP contribution is 2.28. The number of nitrogens with one attached hydrogen (secondary N) is 2. The third-order valence-electron chi connectivity index (χ3n) is 6.73. The highest BCUT2D eigenvalue weighted by atomic mass is 19.1. The molecule has 35 heavy (non-hydrogen) atoms. The molecule has 2 atom stereocenters. The van der Waals surface area contributed by atoms with E-state index in [9.17, 15) is 9.18 Å². The molecule has 0 bridgehead atoms. The Kier molecular flexibility index (Phi) is 7.83. The summed E-state index contributed by atoms with van der Waals surface area (Å²) in [6.07, 6.45) is 12.4. The molecule has 4 N–H and O–H groups in total. The van der Waals surface area contributed by atoms with Crippen molar-refractivity contribution in [3.8, 4) is 11.1 Å². The van der Waals surface area contributed by atoms with Crippen molar-refractivity contribution in [3.63, 3.8) is 0 Å². The van der Waals surface area contributed by atoms with Gasteiger partial charge >= 0.3 is 0 Å². The van der Waals surface area contributed by atoms with Gasteiger partial charge in [-0.15, -0.1) is 0 Å². The van der Waals surface area contributed by atoms with Gasteiger partial charge in [-0.3, -0.25) is 9.80 Å². The number of rotatable bonds is 5. The zero-order chi connectivity index (χ0) is 24.8. The molecule has 0 spiro atoms. The molecule has 2 unspecified atom stereocenters.